The first kappa shape index (κ1) is 13.0. The van der Waals surface area contributed by atoms with E-state index in [1.54, 1.807) is 0 Å². The second-order valence-electron chi connectivity index (χ2n) is 3.90. The highest BCUT2D eigenvalue weighted by molar-refractivity contribution is 5.84. The third-order valence-electron chi connectivity index (χ3n) is 1.97. The summed E-state index contributed by atoms with van der Waals surface area (Å²) in [7, 11) is 0. The van der Waals surface area contributed by atoms with Crippen LogP contribution >= 0.6 is 0 Å². The smallest absolute Gasteiger partial charge is 0.413 e. The largest absolute Gasteiger partial charge is 0.480 e. The number of carbonyl (C=O) groups excluding carboxylic acids is 1. The van der Waals surface area contributed by atoms with Gasteiger partial charge >= 0.3 is 12.1 Å². The van der Waals surface area contributed by atoms with E-state index in [0.29, 0.717) is 0 Å². The zero-order valence-corrected chi connectivity index (χ0v) is 9.36. The Labute approximate surface area is 97.2 Å². The lowest BCUT2D eigenvalue weighted by Gasteiger charge is -2.20. The van der Waals surface area contributed by atoms with Crippen molar-refractivity contribution in [3.8, 4) is 5.75 Å². The Kier molecular flexibility index (Phi) is 3.67. The number of halogens is 1. The van der Waals surface area contributed by atoms with Crippen LogP contribution in [0.4, 0.5) is 9.18 Å². The van der Waals surface area contributed by atoms with Gasteiger partial charge in [-0.25, -0.2) is 14.0 Å². The molecule has 0 heterocycles. The summed E-state index contributed by atoms with van der Waals surface area (Å²) in [5, 5.41) is 10.9. The van der Waals surface area contributed by atoms with Crippen molar-refractivity contribution in [1.29, 1.82) is 0 Å². The van der Waals surface area contributed by atoms with Gasteiger partial charge in [0.05, 0.1) is 0 Å². The van der Waals surface area contributed by atoms with Crippen molar-refractivity contribution in [3.05, 3.63) is 30.1 Å². The quantitative estimate of drug-likeness (QED) is 0.845. The van der Waals surface area contributed by atoms with Gasteiger partial charge in [0.2, 0.25) is 0 Å². The van der Waals surface area contributed by atoms with Gasteiger partial charge < -0.3 is 15.2 Å². The topological polar surface area (TPSA) is 75.6 Å². The molecule has 92 valence electrons. The molecule has 0 fully saturated rings. The Morgan fingerprint density at radius 1 is 1.29 bits per heavy atom. The van der Waals surface area contributed by atoms with Crippen LogP contribution in [0, 0.1) is 5.82 Å². The summed E-state index contributed by atoms with van der Waals surface area (Å²) in [6.45, 7) is 2.64. The number of rotatable bonds is 3. The molecule has 1 amide bonds. The first-order chi connectivity index (χ1) is 7.81. The summed E-state index contributed by atoms with van der Waals surface area (Å²) in [5.74, 6) is -1.51. The molecule has 0 aliphatic carbocycles. The Bertz CT molecular complexity index is 428. The summed E-state index contributed by atoms with van der Waals surface area (Å²) >= 11 is 0. The summed E-state index contributed by atoms with van der Waals surface area (Å²) in [6, 6.07) is 4.79. The molecule has 17 heavy (non-hydrogen) atoms. The number of hydrogen-bond acceptors (Lipinski definition) is 3. The molecule has 1 aromatic carbocycles. The molecule has 0 bridgehead atoms. The minimum atomic E-state index is -1.43. The molecular weight excluding hydrogens is 229 g/mol. The fourth-order valence-corrected chi connectivity index (χ4v) is 0.944. The molecule has 0 unspecified atom stereocenters. The Balaban J connectivity index is 2.62. The molecule has 1 rings (SSSR count). The highest BCUT2D eigenvalue weighted by atomic mass is 19.1. The lowest BCUT2D eigenvalue weighted by Crippen LogP contribution is -2.50. The predicted molar refractivity (Wildman–Crippen MR) is 57.3 cm³/mol. The average molecular weight is 241 g/mol. The maximum Gasteiger partial charge on any atom is 0.413 e. The van der Waals surface area contributed by atoms with E-state index in [1.165, 1.54) is 26.0 Å². The van der Waals surface area contributed by atoms with Gasteiger partial charge in [0.15, 0.2) is 0 Å². The first-order valence-corrected chi connectivity index (χ1v) is 4.80. The third kappa shape index (κ3) is 3.75. The van der Waals surface area contributed by atoms with Crippen molar-refractivity contribution in [3.63, 3.8) is 0 Å². The minimum absolute atomic E-state index is 0.130. The number of nitrogens with one attached hydrogen (secondary N) is 1. The van der Waals surface area contributed by atoms with Crippen molar-refractivity contribution in [2.45, 2.75) is 19.4 Å². The number of carboxylic acid groups (broad SMARTS) is 1. The molecule has 1 aromatic rings. The molecule has 6 heteroatoms. The number of aliphatic carboxylic acids is 1. The van der Waals surface area contributed by atoms with Gasteiger partial charge in [-0.05, 0) is 38.1 Å². The molecule has 2 N–H and O–H groups in total. The van der Waals surface area contributed by atoms with Crippen LogP contribution in [0.25, 0.3) is 0 Å². The van der Waals surface area contributed by atoms with Gasteiger partial charge in [-0.3, -0.25) is 0 Å². The highest BCUT2D eigenvalue weighted by Gasteiger charge is 2.29. The fraction of sp³-hybridized carbons (Fsp3) is 0.273. The predicted octanol–water partition coefficient (Wildman–Crippen LogP) is 1.78. The molecular formula is C11H12FNO4. The van der Waals surface area contributed by atoms with E-state index in [2.05, 4.69) is 5.32 Å². The lowest BCUT2D eigenvalue weighted by atomic mass is 10.1. The SMILES string of the molecule is CC(C)(NC(=O)Oc1ccc(F)cc1)C(=O)O. The van der Waals surface area contributed by atoms with E-state index in [1.807, 2.05) is 0 Å². The molecule has 0 saturated heterocycles. The van der Waals surface area contributed by atoms with Gasteiger partial charge in [0.1, 0.15) is 17.1 Å². The standard InChI is InChI=1S/C11H12FNO4/c1-11(2,9(14)15)13-10(16)17-8-5-3-7(12)4-6-8/h3-6H,1-2H3,(H,13,16)(H,14,15). The number of hydrogen-bond donors (Lipinski definition) is 2. The van der Waals surface area contributed by atoms with E-state index >= 15 is 0 Å². The highest BCUT2D eigenvalue weighted by Crippen LogP contribution is 2.12. The molecule has 0 aliphatic rings. The average Bonchev–Trinajstić information content (AvgIpc) is 2.20. The molecule has 0 spiro atoms. The van der Waals surface area contributed by atoms with Gasteiger partial charge in [-0.15, -0.1) is 0 Å². The second kappa shape index (κ2) is 4.82. The Morgan fingerprint density at radius 3 is 2.29 bits per heavy atom. The van der Waals surface area contributed by atoms with Gasteiger partial charge in [0, 0.05) is 0 Å². The maximum atomic E-state index is 12.6. The monoisotopic (exact) mass is 241 g/mol. The van der Waals surface area contributed by atoms with Crippen LogP contribution in [0.3, 0.4) is 0 Å². The van der Waals surface area contributed by atoms with E-state index in [0.717, 1.165) is 12.1 Å². The van der Waals surface area contributed by atoms with Crippen LogP contribution < -0.4 is 10.1 Å². The van der Waals surface area contributed by atoms with E-state index in [4.69, 9.17) is 9.84 Å². The molecule has 0 radical (unpaired) electrons. The fourth-order valence-electron chi connectivity index (χ4n) is 0.944. The van der Waals surface area contributed by atoms with Crippen LogP contribution in [0.2, 0.25) is 0 Å². The summed E-state index contributed by atoms with van der Waals surface area (Å²) < 4.78 is 17.3. The Hall–Kier alpha value is -2.11. The number of benzene rings is 1. The van der Waals surface area contributed by atoms with Crippen LogP contribution in [0.5, 0.6) is 5.75 Å². The summed E-state index contributed by atoms with van der Waals surface area (Å²) in [4.78, 5) is 22.1. The number of amides is 1. The first-order valence-electron chi connectivity index (χ1n) is 4.80. The third-order valence-corrected chi connectivity index (χ3v) is 1.97. The molecule has 0 atom stereocenters. The molecule has 0 saturated carbocycles. The Morgan fingerprint density at radius 2 is 1.82 bits per heavy atom. The number of carbonyl (C=O) groups is 2. The van der Waals surface area contributed by atoms with Crippen LogP contribution in [-0.2, 0) is 4.79 Å². The lowest BCUT2D eigenvalue weighted by molar-refractivity contribution is -0.143. The van der Waals surface area contributed by atoms with Crippen molar-refractivity contribution < 1.29 is 23.8 Å². The van der Waals surface area contributed by atoms with E-state index in [9.17, 15) is 14.0 Å². The van der Waals surface area contributed by atoms with Crippen molar-refractivity contribution >= 4 is 12.1 Å². The maximum absolute atomic E-state index is 12.6. The van der Waals surface area contributed by atoms with Crippen LogP contribution in [-0.4, -0.2) is 22.7 Å². The van der Waals surface area contributed by atoms with E-state index < -0.39 is 23.4 Å². The van der Waals surface area contributed by atoms with Crippen LogP contribution in [0.1, 0.15) is 13.8 Å². The number of carboxylic acids is 1. The van der Waals surface area contributed by atoms with Gasteiger partial charge in [-0.2, -0.15) is 0 Å². The molecule has 0 aromatic heterocycles. The number of ether oxygens (including phenoxy) is 1. The molecule has 0 aliphatic heterocycles. The zero-order chi connectivity index (χ0) is 13.1. The van der Waals surface area contributed by atoms with Gasteiger partial charge in [0.25, 0.3) is 0 Å². The zero-order valence-electron chi connectivity index (χ0n) is 9.36. The van der Waals surface area contributed by atoms with Crippen molar-refractivity contribution in [1.82, 2.24) is 5.32 Å². The summed E-state index contributed by atoms with van der Waals surface area (Å²) in [5.41, 5.74) is -1.43. The van der Waals surface area contributed by atoms with Gasteiger partial charge in [-0.1, -0.05) is 0 Å². The van der Waals surface area contributed by atoms with Crippen molar-refractivity contribution in [2.75, 3.05) is 0 Å². The second-order valence-corrected chi connectivity index (χ2v) is 3.90. The minimum Gasteiger partial charge on any atom is -0.480 e. The normalized spacial score (nSPS) is 10.8. The molecule has 5 nitrogen and oxygen atoms in total. The van der Waals surface area contributed by atoms with Crippen LogP contribution in [0.15, 0.2) is 24.3 Å². The van der Waals surface area contributed by atoms with Crippen molar-refractivity contribution in [2.24, 2.45) is 0 Å². The van der Waals surface area contributed by atoms with E-state index in [-0.39, 0.29) is 5.75 Å². The summed E-state index contributed by atoms with van der Waals surface area (Å²) in [6.07, 6.45) is -0.913.